The van der Waals surface area contributed by atoms with Crippen LogP contribution in [0.1, 0.15) is 36.0 Å². The van der Waals surface area contributed by atoms with Crippen LogP contribution in [0.2, 0.25) is 0 Å². The number of carbonyl (C=O) groups is 4. The third kappa shape index (κ3) is 6.17. The number of Topliss-reactive ketones (excluding diaryl/α,β-unsaturated/α-hetero) is 1. The maximum atomic E-state index is 11.8. The maximum Gasteiger partial charge on any atom is 0.326 e. The Bertz CT molecular complexity index is 554. The zero-order chi connectivity index (χ0) is 16.5. The van der Waals surface area contributed by atoms with Crippen molar-refractivity contribution < 1.29 is 29.4 Å². The predicted molar refractivity (Wildman–Crippen MR) is 76.4 cm³/mol. The molecule has 0 spiro atoms. The van der Waals surface area contributed by atoms with Crippen LogP contribution in [0, 0.1) is 0 Å². The lowest BCUT2D eigenvalue weighted by molar-refractivity contribution is -0.143. The second-order valence-corrected chi connectivity index (χ2v) is 4.68. The first kappa shape index (κ1) is 17.4. The van der Waals surface area contributed by atoms with E-state index < -0.39 is 23.9 Å². The van der Waals surface area contributed by atoms with Gasteiger partial charge in [-0.05, 0) is 6.42 Å². The molecule has 3 N–H and O–H groups in total. The molecular weight excluding hydrogens is 290 g/mol. The highest BCUT2D eigenvalue weighted by atomic mass is 16.4. The Morgan fingerprint density at radius 1 is 0.955 bits per heavy atom. The topological polar surface area (TPSA) is 121 Å². The van der Waals surface area contributed by atoms with Gasteiger partial charge >= 0.3 is 11.9 Å². The van der Waals surface area contributed by atoms with Gasteiger partial charge in [0.05, 0.1) is 0 Å². The van der Waals surface area contributed by atoms with Crippen LogP contribution in [0.15, 0.2) is 30.3 Å². The summed E-state index contributed by atoms with van der Waals surface area (Å²) in [6.45, 7) is 0. The van der Waals surface area contributed by atoms with Crippen LogP contribution < -0.4 is 5.32 Å². The van der Waals surface area contributed by atoms with Gasteiger partial charge in [0.25, 0.3) is 0 Å². The first-order valence-corrected chi connectivity index (χ1v) is 6.72. The Morgan fingerprint density at radius 3 is 2.14 bits per heavy atom. The van der Waals surface area contributed by atoms with Gasteiger partial charge in [0.2, 0.25) is 5.91 Å². The van der Waals surface area contributed by atoms with Crippen LogP contribution in [0.4, 0.5) is 0 Å². The van der Waals surface area contributed by atoms with Crippen molar-refractivity contribution in [2.75, 3.05) is 0 Å². The fraction of sp³-hybridized carbons (Fsp3) is 0.333. The molecule has 1 unspecified atom stereocenters. The van der Waals surface area contributed by atoms with Gasteiger partial charge in [0.1, 0.15) is 6.04 Å². The summed E-state index contributed by atoms with van der Waals surface area (Å²) in [7, 11) is 0. The number of hydrogen-bond acceptors (Lipinski definition) is 4. The molecule has 1 atom stereocenters. The first-order valence-electron chi connectivity index (χ1n) is 6.72. The number of nitrogens with one attached hydrogen (secondary N) is 1. The van der Waals surface area contributed by atoms with Crippen LogP contribution in [0.5, 0.6) is 0 Å². The van der Waals surface area contributed by atoms with Gasteiger partial charge in [-0.15, -0.1) is 0 Å². The van der Waals surface area contributed by atoms with Crippen molar-refractivity contribution in [2.45, 2.75) is 31.7 Å². The molecule has 1 aromatic carbocycles. The van der Waals surface area contributed by atoms with Crippen LogP contribution in [0.3, 0.4) is 0 Å². The fourth-order valence-electron chi connectivity index (χ4n) is 1.79. The maximum absolute atomic E-state index is 11.8. The first-order chi connectivity index (χ1) is 10.4. The van der Waals surface area contributed by atoms with E-state index >= 15 is 0 Å². The number of rotatable bonds is 9. The molecule has 0 aliphatic heterocycles. The highest BCUT2D eigenvalue weighted by molar-refractivity contribution is 5.98. The Morgan fingerprint density at radius 2 is 1.59 bits per heavy atom. The van der Waals surface area contributed by atoms with Gasteiger partial charge in [-0.1, -0.05) is 30.3 Å². The standard InChI is InChI=1S/C15H17NO6/c17-12(10-4-2-1-3-5-10)7-8-13(18)16-11(15(21)22)6-9-14(19)20/h1-5,11H,6-9H2,(H,16,18)(H,19,20)(H,21,22). The van der Waals surface area contributed by atoms with Crippen LogP contribution in [-0.2, 0) is 14.4 Å². The largest absolute Gasteiger partial charge is 0.481 e. The fourth-order valence-corrected chi connectivity index (χ4v) is 1.79. The second kappa shape index (κ2) is 8.56. The van der Waals surface area contributed by atoms with Gasteiger partial charge in [0, 0.05) is 24.8 Å². The molecule has 0 bridgehead atoms. The quantitative estimate of drug-likeness (QED) is 0.587. The Kier molecular flexibility index (Phi) is 6.75. The van der Waals surface area contributed by atoms with Crippen molar-refractivity contribution in [1.82, 2.24) is 5.32 Å². The molecule has 0 aliphatic rings. The summed E-state index contributed by atoms with van der Waals surface area (Å²) >= 11 is 0. The number of carboxylic acid groups (broad SMARTS) is 2. The monoisotopic (exact) mass is 307 g/mol. The molecule has 0 aliphatic carbocycles. The Hall–Kier alpha value is -2.70. The minimum Gasteiger partial charge on any atom is -0.481 e. The minimum absolute atomic E-state index is 0.0406. The zero-order valence-electron chi connectivity index (χ0n) is 11.8. The molecule has 1 rings (SSSR count). The highest BCUT2D eigenvalue weighted by Gasteiger charge is 2.21. The van der Waals surface area contributed by atoms with E-state index in [1.807, 2.05) is 0 Å². The number of aliphatic carboxylic acids is 2. The van der Waals surface area contributed by atoms with E-state index in [4.69, 9.17) is 10.2 Å². The minimum atomic E-state index is -1.30. The number of ketones is 1. The summed E-state index contributed by atoms with van der Waals surface area (Å²) in [4.78, 5) is 44.8. The molecule has 1 amide bonds. The van der Waals surface area contributed by atoms with Crippen molar-refractivity contribution in [3.8, 4) is 0 Å². The Labute approximate surface area is 127 Å². The molecule has 0 radical (unpaired) electrons. The van der Waals surface area contributed by atoms with Gasteiger partial charge in [-0.3, -0.25) is 14.4 Å². The highest BCUT2D eigenvalue weighted by Crippen LogP contribution is 2.06. The third-order valence-corrected chi connectivity index (χ3v) is 2.96. The molecule has 118 valence electrons. The van der Waals surface area contributed by atoms with Crippen molar-refractivity contribution in [3.63, 3.8) is 0 Å². The van der Waals surface area contributed by atoms with Crippen LogP contribution >= 0.6 is 0 Å². The number of amides is 1. The summed E-state index contributed by atoms with van der Waals surface area (Å²) in [5.74, 6) is -3.25. The van der Waals surface area contributed by atoms with Crippen LogP contribution in [-0.4, -0.2) is 39.9 Å². The molecule has 7 heteroatoms. The lowest BCUT2D eigenvalue weighted by Gasteiger charge is -2.13. The van der Waals surface area contributed by atoms with Crippen molar-refractivity contribution >= 4 is 23.6 Å². The van der Waals surface area contributed by atoms with E-state index in [1.54, 1.807) is 30.3 Å². The zero-order valence-corrected chi connectivity index (χ0v) is 11.8. The summed E-state index contributed by atoms with van der Waals surface area (Å²) in [5.41, 5.74) is 0.482. The van der Waals surface area contributed by atoms with Crippen molar-refractivity contribution in [1.29, 1.82) is 0 Å². The van der Waals surface area contributed by atoms with Crippen LogP contribution in [0.25, 0.3) is 0 Å². The Balaban J connectivity index is 2.45. The predicted octanol–water partition coefficient (Wildman–Crippen LogP) is 1.08. The van der Waals surface area contributed by atoms with Gasteiger partial charge in [0.15, 0.2) is 5.78 Å². The molecular formula is C15H17NO6. The second-order valence-electron chi connectivity index (χ2n) is 4.68. The molecule has 1 aromatic rings. The normalized spacial score (nSPS) is 11.5. The number of benzene rings is 1. The smallest absolute Gasteiger partial charge is 0.326 e. The average Bonchev–Trinajstić information content (AvgIpc) is 2.49. The van der Waals surface area contributed by atoms with E-state index in [2.05, 4.69) is 5.32 Å². The number of carbonyl (C=O) groups excluding carboxylic acids is 2. The van der Waals surface area contributed by atoms with E-state index in [0.29, 0.717) is 5.56 Å². The average molecular weight is 307 g/mol. The van der Waals surface area contributed by atoms with E-state index in [-0.39, 0.29) is 31.5 Å². The van der Waals surface area contributed by atoms with Gasteiger partial charge < -0.3 is 15.5 Å². The summed E-state index contributed by atoms with van der Waals surface area (Å²) < 4.78 is 0. The van der Waals surface area contributed by atoms with E-state index in [0.717, 1.165) is 0 Å². The van der Waals surface area contributed by atoms with E-state index in [1.165, 1.54) is 0 Å². The van der Waals surface area contributed by atoms with Gasteiger partial charge in [-0.25, -0.2) is 4.79 Å². The molecule has 0 saturated heterocycles. The third-order valence-electron chi connectivity index (χ3n) is 2.96. The molecule has 7 nitrogen and oxygen atoms in total. The molecule has 0 saturated carbocycles. The molecule has 0 fully saturated rings. The lowest BCUT2D eigenvalue weighted by Crippen LogP contribution is -2.41. The summed E-state index contributed by atoms with van der Waals surface area (Å²) in [6, 6.07) is 7.18. The van der Waals surface area contributed by atoms with Gasteiger partial charge in [-0.2, -0.15) is 0 Å². The van der Waals surface area contributed by atoms with Crippen molar-refractivity contribution in [2.24, 2.45) is 0 Å². The van der Waals surface area contributed by atoms with Crippen molar-refractivity contribution in [3.05, 3.63) is 35.9 Å². The molecule has 0 heterocycles. The number of carboxylic acids is 2. The van der Waals surface area contributed by atoms with E-state index in [9.17, 15) is 19.2 Å². The number of hydrogen-bond donors (Lipinski definition) is 3. The lowest BCUT2D eigenvalue weighted by atomic mass is 10.1. The molecule has 22 heavy (non-hydrogen) atoms. The summed E-state index contributed by atoms with van der Waals surface area (Å²) in [6.07, 6.45) is -0.755. The molecule has 0 aromatic heterocycles. The summed E-state index contributed by atoms with van der Waals surface area (Å²) in [5, 5.41) is 19.7. The SMILES string of the molecule is O=C(O)CCC(NC(=O)CCC(=O)c1ccccc1)C(=O)O.